The van der Waals surface area contributed by atoms with Gasteiger partial charge in [-0.2, -0.15) is 0 Å². The Balaban J connectivity index is 1.43. The minimum Gasteiger partial charge on any atom is -0.337 e. The summed E-state index contributed by atoms with van der Waals surface area (Å²) in [6, 6.07) is 29.8. The molecule has 180 valence electrons. The fraction of sp³-hybridized carbons (Fsp3) is 0.0690. The Morgan fingerprint density at radius 1 is 0.806 bits per heavy atom. The first-order valence-electron chi connectivity index (χ1n) is 11.4. The zero-order valence-corrected chi connectivity index (χ0v) is 20.1. The van der Waals surface area contributed by atoms with Crippen LogP contribution in [0.3, 0.4) is 0 Å². The molecule has 0 saturated heterocycles. The number of hydrogen-bond donors (Lipinski definition) is 1. The van der Waals surface area contributed by atoms with Crippen molar-refractivity contribution < 1.29 is 17.6 Å². The first-order valence-corrected chi connectivity index (χ1v) is 13.1. The molecule has 4 aromatic carbocycles. The quantitative estimate of drug-likeness (QED) is 0.297. The Bertz CT molecular complexity index is 1640. The molecule has 1 heterocycles. The molecule has 0 radical (unpaired) electrons. The van der Waals surface area contributed by atoms with Crippen molar-refractivity contribution in [3.8, 4) is 11.1 Å². The molecule has 0 spiro atoms. The van der Waals surface area contributed by atoms with Crippen molar-refractivity contribution in [2.24, 2.45) is 0 Å². The number of benzene rings is 4. The van der Waals surface area contributed by atoms with Gasteiger partial charge in [0, 0.05) is 28.4 Å². The first kappa shape index (κ1) is 23.5. The number of carbonyl (C=O) groups excluding carboxylic acids is 1. The number of hydrogen-bond acceptors (Lipinski definition) is 3. The number of rotatable bonds is 7. The molecular weight excluding hydrogens is 475 g/mol. The van der Waals surface area contributed by atoms with Gasteiger partial charge in [0.2, 0.25) is 5.91 Å². The summed E-state index contributed by atoms with van der Waals surface area (Å²) in [5.41, 5.74) is 3.68. The molecule has 1 N–H and O–H groups in total. The average molecular weight is 499 g/mol. The minimum atomic E-state index is -3.74. The average Bonchev–Trinajstić information content (AvgIpc) is 3.25. The maximum Gasteiger partial charge on any atom is 0.244 e. The molecule has 36 heavy (non-hydrogen) atoms. The number of halogens is 1. The normalized spacial score (nSPS) is 11.5. The van der Waals surface area contributed by atoms with Crippen molar-refractivity contribution in [1.29, 1.82) is 0 Å². The van der Waals surface area contributed by atoms with E-state index in [9.17, 15) is 17.6 Å². The standard InChI is InChI=1S/C29H23FN2O3S/c30-23-16-14-21(15-17-23)20-36(34,35)28-18-32(27-13-7-5-11-25(27)28)19-29(33)31-26-12-6-4-10-24(26)22-8-2-1-3-9-22/h1-18H,19-20H2,(H,31,33). The van der Waals surface area contributed by atoms with E-state index in [1.54, 1.807) is 28.8 Å². The lowest BCUT2D eigenvalue weighted by molar-refractivity contribution is -0.116. The second kappa shape index (κ2) is 9.79. The van der Waals surface area contributed by atoms with Gasteiger partial charge in [-0.3, -0.25) is 4.79 Å². The van der Waals surface area contributed by atoms with E-state index >= 15 is 0 Å². The summed E-state index contributed by atoms with van der Waals surface area (Å²) in [5.74, 6) is -0.966. The third-order valence-electron chi connectivity index (χ3n) is 5.96. The third-order valence-corrected chi connectivity index (χ3v) is 7.67. The van der Waals surface area contributed by atoms with Crippen LogP contribution in [0.4, 0.5) is 10.1 Å². The fourth-order valence-corrected chi connectivity index (χ4v) is 5.86. The molecule has 0 atom stereocenters. The predicted octanol–water partition coefficient (Wildman–Crippen LogP) is 6.06. The van der Waals surface area contributed by atoms with E-state index in [0.717, 1.165) is 11.1 Å². The predicted molar refractivity (Wildman–Crippen MR) is 140 cm³/mol. The zero-order valence-electron chi connectivity index (χ0n) is 19.3. The number of fused-ring (bicyclic) bond motifs is 1. The highest BCUT2D eigenvalue weighted by atomic mass is 32.2. The topological polar surface area (TPSA) is 68.2 Å². The lowest BCUT2D eigenvalue weighted by atomic mass is 10.0. The Labute approximate surface area is 208 Å². The SMILES string of the molecule is O=C(Cn1cc(S(=O)(=O)Cc2ccc(F)cc2)c2ccccc21)Nc1ccccc1-c1ccccc1. The molecule has 5 aromatic rings. The van der Waals surface area contributed by atoms with E-state index in [1.165, 1.54) is 30.5 Å². The van der Waals surface area contributed by atoms with Crippen LogP contribution in [0, 0.1) is 5.82 Å². The second-order valence-corrected chi connectivity index (χ2v) is 10.4. The highest BCUT2D eigenvalue weighted by Gasteiger charge is 2.22. The second-order valence-electron chi connectivity index (χ2n) is 8.48. The van der Waals surface area contributed by atoms with Gasteiger partial charge in [-0.15, -0.1) is 0 Å². The molecule has 0 aliphatic carbocycles. The summed E-state index contributed by atoms with van der Waals surface area (Å²) in [5, 5.41) is 3.51. The molecule has 0 unspecified atom stereocenters. The molecule has 0 aliphatic heterocycles. The van der Waals surface area contributed by atoms with Crippen LogP contribution >= 0.6 is 0 Å². The van der Waals surface area contributed by atoms with Crippen LogP contribution < -0.4 is 5.32 Å². The van der Waals surface area contributed by atoms with Crippen molar-refractivity contribution >= 4 is 32.3 Å². The number of nitrogens with zero attached hydrogens (tertiary/aromatic N) is 1. The Morgan fingerprint density at radius 3 is 2.25 bits per heavy atom. The van der Waals surface area contributed by atoms with Crippen molar-refractivity contribution in [3.63, 3.8) is 0 Å². The van der Waals surface area contributed by atoms with Gasteiger partial charge >= 0.3 is 0 Å². The van der Waals surface area contributed by atoms with E-state index in [1.807, 2.05) is 54.6 Å². The number of para-hydroxylation sites is 2. The van der Waals surface area contributed by atoms with Gasteiger partial charge in [-0.1, -0.05) is 78.9 Å². The molecule has 1 aromatic heterocycles. The van der Waals surface area contributed by atoms with Crippen LogP contribution in [0.15, 0.2) is 114 Å². The third kappa shape index (κ3) is 4.92. The highest BCUT2D eigenvalue weighted by molar-refractivity contribution is 7.90. The minimum absolute atomic E-state index is 0.0598. The smallest absolute Gasteiger partial charge is 0.244 e. The molecular formula is C29H23FN2O3S. The van der Waals surface area contributed by atoms with Crippen LogP contribution in [0.1, 0.15) is 5.56 Å². The summed E-state index contributed by atoms with van der Waals surface area (Å²) < 4.78 is 41.5. The van der Waals surface area contributed by atoms with Crippen LogP contribution in [0.25, 0.3) is 22.0 Å². The van der Waals surface area contributed by atoms with Crippen LogP contribution in [-0.2, 0) is 26.9 Å². The summed E-state index contributed by atoms with van der Waals surface area (Å²) in [6.45, 7) is -0.0598. The first-order chi connectivity index (χ1) is 17.4. The summed E-state index contributed by atoms with van der Waals surface area (Å²) in [7, 11) is -3.74. The molecule has 0 bridgehead atoms. The number of carbonyl (C=O) groups is 1. The summed E-state index contributed by atoms with van der Waals surface area (Å²) >= 11 is 0. The molecule has 5 rings (SSSR count). The van der Waals surface area contributed by atoms with Crippen LogP contribution in [-0.4, -0.2) is 18.9 Å². The Hall–Kier alpha value is -4.23. The summed E-state index contributed by atoms with van der Waals surface area (Å²) in [6.07, 6.45) is 1.51. The molecule has 1 amide bonds. The van der Waals surface area contributed by atoms with Crippen LogP contribution in [0.5, 0.6) is 0 Å². The van der Waals surface area contributed by atoms with Gasteiger partial charge in [0.25, 0.3) is 0 Å². The number of amides is 1. The molecule has 7 heteroatoms. The molecule has 0 saturated carbocycles. The number of nitrogens with one attached hydrogen (secondary N) is 1. The number of aromatic nitrogens is 1. The van der Waals surface area contributed by atoms with Crippen molar-refractivity contribution in [2.75, 3.05) is 5.32 Å². The molecule has 5 nitrogen and oxygen atoms in total. The van der Waals surface area contributed by atoms with Gasteiger partial charge in [-0.25, -0.2) is 12.8 Å². The van der Waals surface area contributed by atoms with E-state index in [-0.39, 0.29) is 23.1 Å². The van der Waals surface area contributed by atoms with Gasteiger partial charge < -0.3 is 9.88 Å². The molecule has 0 fully saturated rings. The maximum atomic E-state index is 13.3. The van der Waals surface area contributed by atoms with E-state index in [0.29, 0.717) is 22.2 Å². The van der Waals surface area contributed by atoms with Crippen LogP contribution in [0.2, 0.25) is 0 Å². The van der Waals surface area contributed by atoms with Crippen molar-refractivity contribution in [1.82, 2.24) is 4.57 Å². The van der Waals surface area contributed by atoms with Gasteiger partial charge in [0.15, 0.2) is 9.84 Å². The Kier molecular flexibility index (Phi) is 6.40. The number of sulfone groups is 1. The maximum absolute atomic E-state index is 13.3. The highest BCUT2D eigenvalue weighted by Crippen LogP contribution is 2.30. The van der Waals surface area contributed by atoms with Crippen molar-refractivity contribution in [3.05, 3.63) is 121 Å². The Morgan fingerprint density at radius 2 is 1.47 bits per heavy atom. The lowest BCUT2D eigenvalue weighted by Gasteiger charge is -2.12. The van der Waals surface area contributed by atoms with E-state index < -0.39 is 15.7 Å². The van der Waals surface area contributed by atoms with Crippen molar-refractivity contribution in [2.45, 2.75) is 17.2 Å². The summed E-state index contributed by atoms with van der Waals surface area (Å²) in [4.78, 5) is 13.2. The molecule has 0 aliphatic rings. The van der Waals surface area contributed by atoms with Gasteiger partial charge in [-0.05, 0) is 35.4 Å². The fourth-order valence-electron chi connectivity index (χ4n) is 4.28. The lowest BCUT2D eigenvalue weighted by Crippen LogP contribution is -2.18. The van der Waals surface area contributed by atoms with E-state index in [4.69, 9.17) is 0 Å². The monoisotopic (exact) mass is 498 g/mol. The largest absolute Gasteiger partial charge is 0.337 e. The zero-order chi connectivity index (χ0) is 25.1. The van der Waals surface area contributed by atoms with E-state index in [2.05, 4.69) is 5.32 Å². The van der Waals surface area contributed by atoms with Gasteiger partial charge in [0.05, 0.1) is 10.6 Å². The van der Waals surface area contributed by atoms with Gasteiger partial charge in [0.1, 0.15) is 12.4 Å². The number of anilines is 1.